The maximum atomic E-state index is 12.1. The summed E-state index contributed by atoms with van der Waals surface area (Å²) >= 11 is 0. The second-order valence-corrected chi connectivity index (χ2v) is 7.06. The fourth-order valence-corrected chi connectivity index (χ4v) is 2.93. The summed E-state index contributed by atoms with van der Waals surface area (Å²) in [4.78, 5) is 12.1. The van der Waals surface area contributed by atoms with Gasteiger partial charge in [0.15, 0.2) is 0 Å². The number of rotatable bonds is 10. The molecule has 0 aromatic heterocycles. The molecule has 0 aromatic carbocycles. The molecule has 2 nitrogen and oxygen atoms in total. The molecule has 0 radical (unpaired) electrons. The van der Waals surface area contributed by atoms with Gasteiger partial charge in [0.1, 0.15) is 6.61 Å². The van der Waals surface area contributed by atoms with Crippen LogP contribution in [0.4, 0.5) is 0 Å². The smallest absolute Gasteiger partial charge is 0.334 e. The van der Waals surface area contributed by atoms with Crippen LogP contribution in [0.25, 0.3) is 0 Å². The predicted molar refractivity (Wildman–Crippen MR) is 93.8 cm³/mol. The molecule has 0 amide bonds. The van der Waals surface area contributed by atoms with E-state index in [-0.39, 0.29) is 11.4 Å². The van der Waals surface area contributed by atoms with Crippen molar-refractivity contribution in [3.05, 3.63) is 23.3 Å². The van der Waals surface area contributed by atoms with Gasteiger partial charge in [-0.05, 0) is 31.3 Å². The largest absolute Gasteiger partial charge is 0.461 e. The highest BCUT2D eigenvalue weighted by molar-refractivity contribution is 5.91. The van der Waals surface area contributed by atoms with E-state index in [1.165, 1.54) is 44.1 Å². The lowest BCUT2D eigenvalue weighted by Crippen LogP contribution is -2.31. The Balaban J connectivity index is 2.76. The van der Waals surface area contributed by atoms with Crippen molar-refractivity contribution in [2.24, 2.45) is 5.41 Å². The van der Waals surface area contributed by atoms with Gasteiger partial charge in [-0.25, -0.2) is 4.79 Å². The molecular weight excluding hydrogens is 272 g/mol. The Kier molecular flexibility index (Phi) is 8.52. The molecule has 0 N–H and O–H groups in total. The molecule has 0 bridgehead atoms. The van der Waals surface area contributed by atoms with Crippen molar-refractivity contribution in [1.82, 2.24) is 0 Å². The lowest BCUT2D eigenvalue weighted by Gasteiger charge is -2.33. The van der Waals surface area contributed by atoms with Crippen molar-refractivity contribution in [3.63, 3.8) is 0 Å². The number of esters is 1. The van der Waals surface area contributed by atoms with Gasteiger partial charge in [0, 0.05) is 11.0 Å². The SMILES string of the molecule is CCCCCC/C=C\C1=C(CCCCC)C(=O)OCC1(C)C. The standard InChI is InChI=1S/C20H34O2/c1-5-7-9-10-11-13-15-18-17(14-12-8-6-2)19(21)22-16-20(18,3)4/h13,15H,5-12,14,16H2,1-4H3/b15-13-. The molecule has 0 saturated carbocycles. The Morgan fingerprint density at radius 3 is 2.41 bits per heavy atom. The van der Waals surface area contributed by atoms with Crippen LogP contribution in [-0.2, 0) is 9.53 Å². The van der Waals surface area contributed by atoms with E-state index in [9.17, 15) is 4.79 Å². The summed E-state index contributed by atoms with van der Waals surface area (Å²) in [6, 6.07) is 0. The molecule has 0 saturated heterocycles. The molecule has 0 atom stereocenters. The molecule has 0 unspecified atom stereocenters. The molecule has 0 aliphatic carbocycles. The number of hydrogen-bond donors (Lipinski definition) is 0. The topological polar surface area (TPSA) is 26.3 Å². The fourth-order valence-electron chi connectivity index (χ4n) is 2.93. The molecule has 1 aliphatic rings. The van der Waals surface area contributed by atoms with Crippen LogP contribution >= 0.6 is 0 Å². The second kappa shape index (κ2) is 9.86. The third-order valence-electron chi connectivity index (χ3n) is 4.40. The molecule has 0 aromatic rings. The maximum Gasteiger partial charge on any atom is 0.334 e. The van der Waals surface area contributed by atoms with E-state index in [2.05, 4.69) is 39.8 Å². The van der Waals surface area contributed by atoms with Gasteiger partial charge in [0.2, 0.25) is 0 Å². The van der Waals surface area contributed by atoms with Crippen LogP contribution in [0.15, 0.2) is 23.3 Å². The summed E-state index contributed by atoms with van der Waals surface area (Å²) in [7, 11) is 0. The highest BCUT2D eigenvalue weighted by Crippen LogP contribution is 2.36. The first kappa shape index (κ1) is 19.0. The summed E-state index contributed by atoms with van der Waals surface area (Å²) < 4.78 is 5.40. The Hall–Kier alpha value is -1.05. The van der Waals surface area contributed by atoms with Crippen LogP contribution < -0.4 is 0 Å². The molecular formula is C20H34O2. The minimum atomic E-state index is -0.0962. The van der Waals surface area contributed by atoms with E-state index >= 15 is 0 Å². The lowest BCUT2D eigenvalue weighted by molar-refractivity contribution is -0.143. The molecule has 1 rings (SSSR count). The Morgan fingerprint density at radius 2 is 1.73 bits per heavy atom. The molecule has 22 heavy (non-hydrogen) atoms. The highest BCUT2D eigenvalue weighted by Gasteiger charge is 2.33. The van der Waals surface area contributed by atoms with Crippen LogP contribution in [-0.4, -0.2) is 12.6 Å². The Morgan fingerprint density at radius 1 is 1.05 bits per heavy atom. The van der Waals surface area contributed by atoms with Crippen molar-refractivity contribution in [1.29, 1.82) is 0 Å². The summed E-state index contributed by atoms with van der Waals surface area (Å²) in [5.74, 6) is -0.0962. The first-order chi connectivity index (χ1) is 10.5. The molecule has 1 aliphatic heterocycles. The van der Waals surface area contributed by atoms with Crippen molar-refractivity contribution in [2.45, 2.75) is 85.5 Å². The van der Waals surface area contributed by atoms with Crippen LogP contribution in [0.5, 0.6) is 0 Å². The van der Waals surface area contributed by atoms with Crippen molar-refractivity contribution < 1.29 is 9.53 Å². The molecule has 126 valence electrons. The van der Waals surface area contributed by atoms with Crippen LogP contribution in [0.2, 0.25) is 0 Å². The average Bonchev–Trinajstić information content (AvgIpc) is 2.48. The maximum absolute atomic E-state index is 12.1. The molecule has 1 heterocycles. The highest BCUT2D eigenvalue weighted by atomic mass is 16.5. The predicted octanol–water partition coefficient (Wildman–Crippen LogP) is 5.97. The zero-order valence-electron chi connectivity index (χ0n) is 15.0. The number of cyclic esters (lactones) is 1. The number of allylic oxidation sites excluding steroid dienone is 2. The average molecular weight is 306 g/mol. The van der Waals surface area contributed by atoms with Crippen molar-refractivity contribution in [2.75, 3.05) is 6.61 Å². The number of carbonyl (C=O) groups excluding carboxylic acids is 1. The normalized spacial score (nSPS) is 18.1. The quantitative estimate of drug-likeness (QED) is 0.367. The zero-order chi connectivity index (χ0) is 16.4. The minimum Gasteiger partial charge on any atom is -0.461 e. The van der Waals surface area contributed by atoms with Gasteiger partial charge in [-0.1, -0.05) is 72.0 Å². The van der Waals surface area contributed by atoms with E-state index < -0.39 is 0 Å². The van der Waals surface area contributed by atoms with Gasteiger partial charge in [0.25, 0.3) is 0 Å². The summed E-state index contributed by atoms with van der Waals surface area (Å²) in [6.07, 6.45) is 15.0. The molecule has 0 fully saturated rings. The molecule has 0 spiro atoms. The van der Waals surface area contributed by atoms with Gasteiger partial charge < -0.3 is 4.74 Å². The lowest BCUT2D eigenvalue weighted by atomic mass is 9.79. The first-order valence-electron chi connectivity index (χ1n) is 9.10. The zero-order valence-corrected chi connectivity index (χ0v) is 15.0. The van der Waals surface area contributed by atoms with Gasteiger partial charge in [-0.15, -0.1) is 0 Å². The summed E-state index contributed by atoms with van der Waals surface area (Å²) in [6.45, 7) is 9.28. The molecule has 2 heteroatoms. The Bertz CT molecular complexity index is 402. The first-order valence-corrected chi connectivity index (χ1v) is 9.10. The van der Waals surface area contributed by atoms with Gasteiger partial charge in [-0.2, -0.15) is 0 Å². The van der Waals surface area contributed by atoms with Crippen LogP contribution in [0, 0.1) is 5.41 Å². The van der Waals surface area contributed by atoms with E-state index in [4.69, 9.17) is 4.74 Å². The number of carbonyl (C=O) groups is 1. The van der Waals surface area contributed by atoms with E-state index in [0.29, 0.717) is 6.61 Å². The summed E-state index contributed by atoms with van der Waals surface area (Å²) in [5.41, 5.74) is 2.06. The van der Waals surface area contributed by atoms with Crippen LogP contribution in [0.1, 0.15) is 85.5 Å². The van der Waals surface area contributed by atoms with E-state index in [0.717, 1.165) is 24.8 Å². The number of ether oxygens (including phenoxy) is 1. The third-order valence-corrected chi connectivity index (χ3v) is 4.40. The monoisotopic (exact) mass is 306 g/mol. The van der Waals surface area contributed by atoms with Crippen molar-refractivity contribution >= 4 is 5.97 Å². The minimum absolute atomic E-state index is 0.0601. The van der Waals surface area contributed by atoms with Gasteiger partial charge >= 0.3 is 5.97 Å². The van der Waals surface area contributed by atoms with Crippen LogP contribution in [0.3, 0.4) is 0 Å². The van der Waals surface area contributed by atoms with E-state index in [1.54, 1.807) is 0 Å². The second-order valence-electron chi connectivity index (χ2n) is 7.06. The number of unbranched alkanes of at least 4 members (excludes halogenated alkanes) is 6. The van der Waals surface area contributed by atoms with Crippen molar-refractivity contribution in [3.8, 4) is 0 Å². The summed E-state index contributed by atoms with van der Waals surface area (Å²) in [5, 5.41) is 0. The Labute approximate surface area is 137 Å². The number of hydrogen-bond acceptors (Lipinski definition) is 2. The van der Waals surface area contributed by atoms with Gasteiger partial charge in [-0.3, -0.25) is 0 Å². The van der Waals surface area contributed by atoms with E-state index in [1.807, 2.05) is 0 Å². The fraction of sp³-hybridized carbons (Fsp3) is 0.750. The van der Waals surface area contributed by atoms with Gasteiger partial charge in [0.05, 0.1) is 0 Å². The third kappa shape index (κ3) is 5.98.